The Bertz CT molecular complexity index is 2370. The van der Waals surface area contributed by atoms with E-state index >= 15 is 0 Å². The van der Waals surface area contributed by atoms with Gasteiger partial charge >= 0.3 is 0 Å². The predicted molar refractivity (Wildman–Crippen MR) is 404 cm³/mol. The summed E-state index contributed by atoms with van der Waals surface area (Å²) in [5.74, 6) is 5.05. The normalized spacial score (nSPS) is 13.7. The van der Waals surface area contributed by atoms with Crippen molar-refractivity contribution in [1.29, 1.82) is 0 Å². The Labute approximate surface area is 569 Å². The van der Waals surface area contributed by atoms with E-state index in [2.05, 4.69) is 210 Å². The molecule has 0 aliphatic carbocycles. The van der Waals surface area contributed by atoms with Crippen LogP contribution < -0.4 is 0 Å². The van der Waals surface area contributed by atoms with E-state index in [0.717, 1.165) is 90.9 Å². The maximum Gasteiger partial charge on any atom is 0.128 e. The average Bonchev–Trinajstić information content (AvgIpc) is 0.814. The molecule has 0 aromatic heterocycles. The molecule has 0 saturated carbocycles. The summed E-state index contributed by atoms with van der Waals surface area (Å²) >= 11 is 0. The van der Waals surface area contributed by atoms with Crippen molar-refractivity contribution in [2.75, 3.05) is 39.3 Å². The fourth-order valence-electron chi connectivity index (χ4n) is 14.3. The summed E-state index contributed by atoms with van der Waals surface area (Å²) in [6, 6.07) is 29.8. The number of aromatic hydroxyl groups is 2. The Balaban J connectivity index is 1.93. The van der Waals surface area contributed by atoms with Gasteiger partial charge in [-0.1, -0.05) is 262 Å². The number of aliphatic imine (C=N–C) groups is 2. The summed E-state index contributed by atoms with van der Waals surface area (Å²) < 4.78 is 2.21. The van der Waals surface area contributed by atoms with Gasteiger partial charge in [0.15, 0.2) is 0 Å². The lowest BCUT2D eigenvalue weighted by Crippen LogP contribution is -2.49. The maximum absolute atomic E-state index is 12.6. The molecule has 92 heavy (non-hydrogen) atoms. The molecule has 518 valence electrons. The van der Waals surface area contributed by atoms with Gasteiger partial charge in [-0.3, -0.25) is 9.98 Å². The molecule has 0 saturated heterocycles. The quantitative estimate of drug-likeness (QED) is 0.0263. The number of benzene rings is 4. The topological polar surface area (TPSA) is 65.2 Å². The van der Waals surface area contributed by atoms with Crippen LogP contribution in [0.2, 0.25) is 0 Å². The summed E-state index contributed by atoms with van der Waals surface area (Å²) in [6.07, 6.45) is 34.7. The lowest BCUT2D eigenvalue weighted by Gasteiger charge is -2.40. The van der Waals surface area contributed by atoms with Gasteiger partial charge in [0.25, 0.3) is 0 Å². The van der Waals surface area contributed by atoms with Crippen LogP contribution >= 0.6 is 0 Å². The molecule has 4 aromatic carbocycles. The molecule has 0 spiro atoms. The Morgan fingerprint density at radius 2 is 0.576 bits per heavy atom. The average molecular weight is 1270 g/mol. The molecule has 0 unspecified atom stereocenters. The molecule has 0 fully saturated rings. The summed E-state index contributed by atoms with van der Waals surface area (Å²) in [4.78, 5) is 11.3. The molecule has 6 heteroatoms. The van der Waals surface area contributed by atoms with Crippen LogP contribution in [0.5, 0.6) is 11.5 Å². The van der Waals surface area contributed by atoms with Crippen molar-refractivity contribution in [2.24, 2.45) is 45.5 Å². The number of hydrogen-bond acceptors (Lipinski definition) is 4. The van der Waals surface area contributed by atoms with Crippen LogP contribution in [0.15, 0.2) is 94.9 Å². The molecule has 0 bridgehead atoms. The number of quaternary nitrogens is 2. The Morgan fingerprint density at radius 1 is 0.337 bits per heavy atom. The first-order chi connectivity index (χ1) is 43.6. The van der Waals surface area contributed by atoms with Gasteiger partial charge in [-0.2, -0.15) is 0 Å². The molecule has 0 aliphatic heterocycles. The number of unbranched alkanes of at least 4 members (excludes halogenated alkanes) is 12. The molecule has 0 aliphatic rings. The number of phenols is 2. The van der Waals surface area contributed by atoms with E-state index in [1.807, 2.05) is 12.4 Å². The monoisotopic (exact) mass is 1270 g/mol. The smallest absolute Gasteiger partial charge is 0.128 e. The molecular formula is C86H144N4O2+2. The van der Waals surface area contributed by atoms with Crippen LogP contribution in [0.25, 0.3) is 0 Å². The van der Waals surface area contributed by atoms with Gasteiger partial charge in [-0.25, -0.2) is 0 Å². The molecular weight excluding hydrogens is 1120 g/mol. The number of nitrogens with zero attached hydrogens (tertiary/aromatic N) is 4. The SMILES string of the molecule is CC(C)CCCCC[N+](CCCCCC(C)C)(CCCCCC(C)C)Cc1cc(C=N[C@H](c2ccccc2)[C@H](N=Cc2cc(C[N+](CCCCCC(C)C)(CCCCCC(C)C)CCCCCC(C)C)cc(C(C)(C)C)c2O)c2ccccc2)c(O)c(C(C)(C)C)c1. The van der Waals surface area contributed by atoms with E-state index in [1.54, 1.807) is 0 Å². The first-order valence-corrected chi connectivity index (χ1v) is 38.2. The van der Waals surface area contributed by atoms with Gasteiger partial charge in [0.2, 0.25) is 0 Å². The van der Waals surface area contributed by atoms with E-state index < -0.39 is 12.1 Å². The minimum absolute atomic E-state index is 0.298. The summed E-state index contributed by atoms with van der Waals surface area (Å²) in [5, 5.41) is 25.2. The zero-order valence-electron chi connectivity index (χ0n) is 63.2. The Kier molecular flexibility index (Phi) is 36.3. The van der Waals surface area contributed by atoms with Crippen molar-refractivity contribution < 1.29 is 19.2 Å². The second kappa shape index (κ2) is 41.6. The Hall–Kier alpha value is -4.26. The predicted octanol–water partition coefficient (Wildman–Crippen LogP) is 24.6. The molecule has 4 aromatic rings. The summed E-state index contributed by atoms with van der Waals surface area (Å²) in [6.45, 7) is 50.9. The van der Waals surface area contributed by atoms with Gasteiger partial charge in [0.05, 0.1) is 39.3 Å². The van der Waals surface area contributed by atoms with Gasteiger partial charge < -0.3 is 19.2 Å². The van der Waals surface area contributed by atoms with E-state index in [0.29, 0.717) is 11.5 Å². The first-order valence-electron chi connectivity index (χ1n) is 38.2. The van der Waals surface area contributed by atoms with Crippen molar-refractivity contribution >= 4 is 12.4 Å². The largest absolute Gasteiger partial charge is 0.507 e. The summed E-state index contributed by atoms with van der Waals surface area (Å²) in [7, 11) is 0. The molecule has 0 heterocycles. The van der Waals surface area contributed by atoms with Crippen LogP contribution in [0.4, 0.5) is 0 Å². The molecule has 6 nitrogen and oxygen atoms in total. The fraction of sp³-hybridized carbons (Fsp3) is 0.698. The van der Waals surface area contributed by atoms with Crippen LogP contribution in [0.1, 0.15) is 335 Å². The standard InChI is InChI=1S/C86H142N4O2/c1-67(2)43-27-21-37-53-89(54-38-22-28-44-68(3)4,55-39-23-29-45-69(5)6)65-73-59-77(83(91)79(61-73)85(13,14)15)63-87-81(75-49-33-19-34-50-75)82(76-51-35-20-36-52-76)88-64-78-60-74(62-80(84(78)92)86(16,17)18)66-90(56-40-24-30-46-70(7)8,57-41-25-31-47-71(9)10)58-42-26-32-48-72(11)12/h19-20,33-36,49-52,59-64,67-72,81-82H,21-32,37-48,53-58,65-66H2,1-18H3/p+2/t81-,82-/m1/s1. The van der Waals surface area contributed by atoms with Crippen LogP contribution in [-0.4, -0.2) is 70.9 Å². The number of hydrogen-bond donors (Lipinski definition) is 2. The highest BCUT2D eigenvalue weighted by Gasteiger charge is 2.33. The third-order valence-corrected chi connectivity index (χ3v) is 19.9. The number of rotatable bonds is 47. The number of phenolic OH excluding ortho intramolecular Hbond substituents is 2. The van der Waals surface area contributed by atoms with Crippen LogP contribution in [-0.2, 0) is 23.9 Å². The second-order valence-corrected chi connectivity index (χ2v) is 33.7. The zero-order chi connectivity index (χ0) is 67.7. The second-order valence-electron chi connectivity index (χ2n) is 33.7. The lowest BCUT2D eigenvalue weighted by molar-refractivity contribution is -0.941. The highest BCUT2D eigenvalue weighted by molar-refractivity contribution is 5.86. The lowest BCUT2D eigenvalue weighted by atomic mass is 9.83. The van der Waals surface area contributed by atoms with Gasteiger partial charge in [-0.05, 0) is 159 Å². The van der Waals surface area contributed by atoms with Crippen LogP contribution in [0.3, 0.4) is 0 Å². The van der Waals surface area contributed by atoms with Gasteiger partial charge in [-0.15, -0.1) is 0 Å². The van der Waals surface area contributed by atoms with Crippen molar-refractivity contribution in [3.05, 3.63) is 129 Å². The van der Waals surface area contributed by atoms with Crippen LogP contribution in [0, 0.1) is 35.5 Å². The van der Waals surface area contributed by atoms with Gasteiger partial charge in [0.1, 0.15) is 36.7 Å². The van der Waals surface area contributed by atoms with Crippen molar-refractivity contribution in [3.63, 3.8) is 0 Å². The molecule has 4 rings (SSSR count). The fourth-order valence-corrected chi connectivity index (χ4v) is 14.3. The molecule has 0 amide bonds. The molecule has 0 radical (unpaired) electrons. The van der Waals surface area contributed by atoms with E-state index in [-0.39, 0.29) is 10.8 Å². The maximum atomic E-state index is 12.6. The highest BCUT2D eigenvalue weighted by Crippen LogP contribution is 2.41. The van der Waals surface area contributed by atoms with E-state index in [9.17, 15) is 10.2 Å². The highest BCUT2D eigenvalue weighted by atomic mass is 16.3. The zero-order valence-corrected chi connectivity index (χ0v) is 63.2. The van der Waals surface area contributed by atoms with Gasteiger partial charge in [0, 0.05) is 45.8 Å². The van der Waals surface area contributed by atoms with E-state index in [4.69, 9.17) is 9.98 Å². The van der Waals surface area contributed by atoms with Crippen molar-refractivity contribution in [3.8, 4) is 11.5 Å². The Morgan fingerprint density at radius 3 is 0.793 bits per heavy atom. The van der Waals surface area contributed by atoms with Crippen molar-refractivity contribution in [2.45, 2.75) is 315 Å². The minimum Gasteiger partial charge on any atom is -0.507 e. The molecule has 2 N–H and O–H groups in total. The van der Waals surface area contributed by atoms with Crippen molar-refractivity contribution in [1.82, 2.24) is 0 Å². The summed E-state index contributed by atoms with van der Waals surface area (Å²) in [5.41, 5.74) is 7.60. The van der Waals surface area contributed by atoms with E-state index in [1.165, 1.54) is 204 Å². The third kappa shape index (κ3) is 30.6. The minimum atomic E-state index is -0.438. The molecule has 2 atom stereocenters. The first kappa shape index (κ1) is 80.2. The third-order valence-electron chi connectivity index (χ3n) is 19.9.